The summed E-state index contributed by atoms with van der Waals surface area (Å²) < 4.78 is 15.7. The van der Waals surface area contributed by atoms with E-state index in [-0.39, 0.29) is 34.6 Å². The summed E-state index contributed by atoms with van der Waals surface area (Å²) in [6.45, 7) is 5.79. The minimum Gasteiger partial charge on any atom is -0.351 e. The summed E-state index contributed by atoms with van der Waals surface area (Å²) in [5.41, 5.74) is 0.845. The maximum absolute atomic E-state index is 14.1. The first-order chi connectivity index (χ1) is 15.4. The van der Waals surface area contributed by atoms with Gasteiger partial charge in [0.15, 0.2) is 5.69 Å². The van der Waals surface area contributed by atoms with Crippen molar-refractivity contribution in [3.05, 3.63) is 52.1 Å². The predicted octanol–water partition coefficient (Wildman–Crippen LogP) is 3.33. The first-order valence-corrected chi connectivity index (χ1v) is 11.6. The Balaban J connectivity index is 1.33. The second-order valence-electron chi connectivity index (χ2n) is 8.56. The largest absolute Gasteiger partial charge is 0.351 e. The SMILES string of the molecule is CC1CCCCN1CCCNC(=O)c1cc2n(n1)CCN(Cc1c(F)cccc1Cl)C2=O. The molecule has 7 nitrogen and oxygen atoms in total. The molecule has 1 N–H and O–H groups in total. The van der Waals surface area contributed by atoms with E-state index in [9.17, 15) is 14.0 Å². The van der Waals surface area contributed by atoms with Crippen molar-refractivity contribution in [2.75, 3.05) is 26.2 Å². The minimum atomic E-state index is -0.441. The summed E-state index contributed by atoms with van der Waals surface area (Å²) in [5.74, 6) is -1.01. The number of likely N-dealkylation sites (tertiary alicyclic amines) is 1. The van der Waals surface area contributed by atoms with E-state index in [0.717, 1.165) is 19.5 Å². The molecule has 1 fully saturated rings. The number of hydrogen-bond donors (Lipinski definition) is 1. The van der Waals surface area contributed by atoms with Crippen LogP contribution in [0.15, 0.2) is 24.3 Å². The van der Waals surface area contributed by atoms with Gasteiger partial charge in [0.2, 0.25) is 0 Å². The van der Waals surface area contributed by atoms with Crippen LogP contribution in [0, 0.1) is 5.82 Å². The van der Waals surface area contributed by atoms with Crippen LogP contribution in [0.1, 0.15) is 59.1 Å². The summed E-state index contributed by atoms with van der Waals surface area (Å²) >= 11 is 6.11. The molecule has 4 rings (SSSR count). The molecule has 2 aliphatic heterocycles. The molecule has 1 aromatic carbocycles. The second kappa shape index (κ2) is 10.0. The summed E-state index contributed by atoms with van der Waals surface area (Å²) in [7, 11) is 0. The molecule has 1 atom stereocenters. The van der Waals surface area contributed by atoms with Crippen LogP contribution < -0.4 is 5.32 Å². The van der Waals surface area contributed by atoms with Gasteiger partial charge < -0.3 is 15.1 Å². The molecule has 9 heteroatoms. The lowest BCUT2D eigenvalue weighted by atomic mass is 10.0. The van der Waals surface area contributed by atoms with Crippen molar-refractivity contribution in [1.29, 1.82) is 0 Å². The van der Waals surface area contributed by atoms with E-state index in [0.29, 0.717) is 31.4 Å². The first-order valence-electron chi connectivity index (χ1n) is 11.3. The van der Waals surface area contributed by atoms with Crippen LogP contribution in [-0.4, -0.2) is 63.6 Å². The summed E-state index contributed by atoms with van der Waals surface area (Å²) in [4.78, 5) is 29.5. The fraction of sp³-hybridized carbons (Fsp3) is 0.522. The fourth-order valence-electron chi connectivity index (χ4n) is 4.44. The highest BCUT2D eigenvalue weighted by molar-refractivity contribution is 6.31. The number of halogens is 2. The van der Waals surface area contributed by atoms with Gasteiger partial charge in [0.1, 0.15) is 11.5 Å². The fourth-order valence-corrected chi connectivity index (χ4v) is 4.66. The van der Waals surface area contributed by atoms with E-state index in [2.05, 4.69) is 22.2 Å². The zero-order valence-electron chi connectivity index (χ0n) is 18.3. The standard InChI is InChI=1S/C23H29ClFN5O2/c1-16-6-2-3-10-28(16)11-5-9-26-22(31)20-14-21-23(32)29(12-13-30(21)27-20)15-17-18(24)7-4-8-19(17)25/h4,7-8,14,16H,2-3,5-6,9-13,15H2,1H3,(H,26,31). The monoisotopic (exact) mass is 461 g/mol. The highest BCUT2D eigenvalue weighted by atomic mass is 35.5. The number of amides is 2. The molecule has 1 saturated heterocycles. The van der Waals surface area contributed by atoms with E-state index in [1.54, 1.807) is 10.7 Å². The zero-order chi connectivity index (χ0) is 22.7. The highest BCUT2D eigenvalue weighted by Gasteiger charge is 2.29. The number of rotatable bonds is 7. The molecule has 0 aliphatic carbocycles. The van der Waals surface area contributed by atoms with Gasteiger partial charge in [-0.2, -0.15) is 5.10 Å². The van der Waals surface area contributed by atoms with Crippen LogP contribution in [0.3, 0.4) is 0 Å². The summed E-state index contributed by atoms with van der Waals surface area (Å²) in [6.07, 6.45) is 4.65. The van der Waals surface area contributed by atoms with Crippen LogP contribution in [0.25, 0.3) is 0 Å². The molecule has 0 radical (unpaired) electrons. The Bertz CT molecular complexity index is 975. The van der Waals surface area contributed by atoms with Gasteiger partial charge in [-0.1, -0.05) is 24.1 Å². The minimum absolute atomic E-state index is 0.0754. The average molecular weight is 462 g/mol. The Morgan fingerprint density at radius 3 is 2.91 bits per heavy atom. The number of benzene rings is 1. The predicted molar refractivity (Wildman–Crippen MR) is 120 cm³/mol. The van der Waals surface area contributed by atoms with Gasteiger partial charge in [0.25, 0.3) is 11.8 Å². The van der Waals surface area contributed by atoms with E-state index < -0.39 is 5.82 Å². The van der Waals surface area contributed by atoms with Gasteiger partial charge in [-0.05, 0) is 44.9 Å². The number of aromatic nitrogens is 2. The van der Waals surface area contributed by atoms with Crippen molar-refractivity contribution < 1.29 is 14.0 Å². The Hall–Kier alpha value is -2.45. The van der Waals surface area contributed by atoms with Crippen LogP contribution in [0.2, 0.25) is 5.02 Å². The highest BCUT2D eigenvalue weighted by Crippen LogP contribution is 2.23. The lowest BCUT2D eigenvalue weighted by Gasteiger charge is -2.33. The molecule has 1 unspecified atom stereocenters. The maximum atomic E-state index is 14.1. The Morgan fingerprint density at radius 1 is 1.28 bits per heavy atom. The molecular formula is C23H29ClFN5O2. The van der Waals surface area contributed by atoms with Crippen LogP contribution in [0.4, 0.5) is 4.39 Å². The molecule has 3 heterocycles. The van der Waals surface area contributed by atoms with E-state index in [1.807, 2.05) is 0 Å². The number of hydrogen-bond acceptors (Lipinski definition) is 4. The second-order valence-corrected chi connectivity index (χ2v) is 8.96. The maximum Gasteiger partial charge on any atom is 0.272 e. The van der Waals surface area contributed by atoms with Gasteiger partial charge in [0.05, 0.1) is 13.1 Å². The lowest BCUT2D eigenvalue weighted by molar-refractivity contribution is 0.0681. The molecule has 0 saturated carbocycles. The Morgan fingerprint density at radius 2 is 2.12 bits per heavy atom. The number of carbonyl (C=O) groups is 2. The molecule has 32 heavy (non-hydrogen) atoms. The van der Waals surface area contributed by atoms with Crippen molar-refractivity contribution in [1.82, 2.24) is 24.9 Å². The van der Waals surface area contributed by atoms with Crippen LogP contribution in [0.5, 0.6) is 0 Å². The molecule has 0 bridgehead atoms. The number of nitrogens with one attached hydrogen (secondary N) is 1. The molecular weight excluding hydrogens is 433 g/mol. The van der Waals surface area contributed by atoms with E-state index >= 15 is 0 Å². The Labute approximate surface area is 192 Å². The smallest absolute Gasteiger partial charge is 0.272 e. The molecule has 172 valence electrons. The van der Waals surface area contributed by atoms with Crippen LogP contribution >= 0.6 is 11.6 Å². The van der Waals surface area contributed by atoms with E-state index in [1.165, 1.54) is 42.4 Å². The summed E-state index contributed by atoms with van der Waals surface area (Å²) in [5, 5.41) is 7.50. The van der Waals surface area contributed by atoms with Crippen molar-refractivity contribution >= 4 is 23.4 Å². The van der Waals surface area contributed by atoms with Crippen LogP contribution in [-0.2, 0) is 13.1 Å². The topological polar surface area (TPSA) is 70.5 Å². The van der Waals surface area contributed by atoms with Gasteiger partial charge >= 0.3 is 0 Å². The molecule has 2 aromatic rings. The Kier molecular flexibility index (Phi) is 7.10. The average Bonchev–Trinajstić information content (AvgIpc) is 3.22. The quantitative estimate of drug-likeness (QED) is 0.642. The molecule has 2 aliphatic rings. The van der Waals surface area contributed by atoms with Gasteiger partial charge in [-0.3, -0.25) is 14.3 Å². The third kappa shape index (κ3) is 4.96. The third-order valence-corrected chi connectivity index (χ3v) is 6.71. The van der Waals surface area contributed by atoms with Crippen molar-refractivity contribution in [2.45, 2.75) is 51.7 Å². The van der Waals surface area contributed by atoms with Gasteiger partial charge in [-0.25, -0.2) is 4.39 Å². The molecule has 0 spiro atoms. The van der Waals surface area contributed by atoms with E-state index in [4.69, 9.17) is 11.6 Å². The lowest BCUT2D eigenvalue weighted by Crippen LogP contribution is -2.40. The zero-order valence-corrected chi connectivity index (χ0v) is 19.1. The summed E-state index contributed by atoms with van der Waals surface area (Å²) in [6, 6.07) is 6.58. The van der Waals surface area contributed by atoms with Crippen molar-refractivity contribution in [3.8, 4) is 0 Å². The molecule has 1 aromatic heterocycles. The van der Waals surface area contributed by atoms with Crippen molar-refractivity contribution in [3.63, 3.8) is 0 Å². The molecule has 2 amide bonds. The van der Waals surface area contributed by atoms with Gasteiger partial charge in [0, 0.05) is 42.3 Å². The first kappa shape index (κ1) is 22.7. The number of nitrogens with zero attached hydrogens (tertiary/aromatic N) is 4. The van der Waals surface area contributed by atoms with Gasteiger partial charge in [-0.15, -0.1) is 0 Å². The number of fused-ring (bicyclic) bond motifs is 1. The van der Waals surface area contributed by atoms with Crippen molar-refractivity contribution in [2.24, 2.45) is 0 Å². The normalized spacial score (nSPS) is 19.2. The third-order valence-electron chi connectivity index (χ3n) is 6.36. The number of piperidine rings is 1. The number of carbonyl (C=O) groups excluding carboxylic acids is 2.